The van der Waals surface area contributed by atoms with Crippen LogP contribution in [0.25, 0.3) is 0 Å². The molecule has 2 aromatic carbocycles. The van der Waals surface area contributed by atoms with E-state index in [-0.39, 0.29) is 17.0 Å². The molecule has 2 atom stereocenters. The SMILES string of the molecule is CC1=[N+](C)c2ccccc2C1(C)C(F)(Br)c1ccccc1.[Br-]. The van der Waals surface area contributed by atoms with Crippen molar-refractivity contribution >= 4 is 27.3 Å². The van der Waals surface area contributed by atoms with Gasteiger partial charge in [-0.15, -0.1) is 0 Å². The fourth-order valence-electron chi connectivity index (χ4n) is 3.23. The van der Waals surface area contributed by atoms with Crippen LogP contribution in [0.3, 0.4) is 0 Å². The van der Waals surface area contributed by atoms with E-state index >= 15 is 4.39 Å². The van der Waals surface area contributed by atoms with E-state index in [0.29, 0.717) is 5.56 Å². The molecular formula is C18H18Br2FN. The van der Waals surface area contributed by atoms with Crippen LogP contribution in [-0.4, -0.2) is 17.3 Å². The second-order valence-corrected chi connectivity index (χ2v) is 6.82. The number of rotatable bonds is 2. The number of alkyl halides is 2. The Bertz CT molecular complexity index is 725. The van der Waals surface area contributed by atoms with Crippen LogP contribution in [0.5, 0.6) is 0 Å². The van der Waals surface area contributed by atoms with Gasteiger partial charge in [-0.2, -0.15) is 0 Å². The molecule has 2 unspecified atom stereocenters. The summed E-state index contributed by atoms with van der Waals surface area (Å²) in [5, 5.41) is 0. The summed E-state index contributed by atoms with van der Waals surface area (Å²) >= 11 is 3.40. The highest BCUT2D eigenvalue weighted by Gasteiger charge is 2.60. The van der Waals surface area contributed by atoms with Crippen LogP contribution >= 0.6 is 15.9 Å². The molecule has 116 valence electrons. The van der Waals surface area contributed by atoms with Gasteiger partial charge in [0, 0.05) is 24.1 Å². The second kappa shape index (κ2) is 5.89. The number of hydrogen-bond acceptors (Lipinski definition) is 0. The molecule has 0 saturated heterocycles. The Kier molecular flexibility index (Phi) is 4.65. The lowest BCUT2D eigenvalue weighted by atomic mass is 9.73. The van der Waals surface area contributed by atoms with Crippen molar-refractivity contribution < 1.29 is 25.9 Å². The van der Waals surface area contributed by atoms with E-state index in [2.05, 4.69) is 20.5 Å². The Morgan fingerprint density at radius 3 is 2.23 bits per heavy atom. The molecule has 1 heterocycles. The van der Waals surface area contributed by atoms with Gasteiger partial charge in [0.2, 0.25) is 10.3 Å². The first-order valence-electron chi connectivity index (χ1n) is 7.01. The first kappa shape index (κ1) is 17.4. The van der Waals surface area contributed by atoms with Gasteiger partial charge < -0.3 is 17.0 Å². The van der Waals surface area contributed by atoms with Crippen molar-refractivity contribution in [3.63, 3.8) is 0 Å². The average molecular weight is 427 g/mol. The molecule has 0 saturated carbocycles. The van der Waals surface area contributed by atoms with Crippen molar-refractivity contribution in [3.8, 4) is 0 Å². The number of fused-ring (bicyclic) bond motifs is 1. The maximum atomic E-state index is 15.9. The van der Waals surface area contributed by atoms with Crippen LogP contribution in [0.1, 0.15) is 25.0 Å². The lowest BCUT2D eigenvalue weighted by molar-refractivity contribution is -0.403. The van der Waals surface area contributed by atoms with Crippen LogP contribution in [0, 0.1) is 0 Å². The van der Waals surface area contributed by atoms with E-state index in [0.717, 1.165) is 17.0 Å². The molecule has 1 aliphatic rings. The topological polar surface area (TPSA) is 3.01 Å². The molecule has 1 nitrogen and oxygen atoms in total. The minimum Gasteiger partial charge on any atom is -1.00 e. The van der Waals surface area contributed by atoms with Gasteiger partial charge in [0.15, 0.2) is 5.71 Å². The zero-order valence-corrected chi connectivity index (χ0v) is 15.9. The molecule has 0 amide bonds. The monoisotopic (exact) mass is 425 g/mol. The predicted octanol–water partition coefficient (Wildman–Crippen LogP) is 1.91. The van der Waals surface area contributed by atoms with Crippen molar-refractivity contribution in [1.29, 1.82) is 0 Å². The van der Waals surface area contributed by atoms with Gasteiger partial charge in [-0.3, -0.25) is 0 Å². The third-order valence-corrected chi connectivity index (χ3v) is 6.05. The highest BCUT2D eigenvalue weighted by molar-refractivity contribution is 9.09. The predicted molar refractivity (Wildman–Crippen MR) is 88.5 cm³/mol. The molecular weight excluding hydrogens is 409 g/mol. The Hall–Kier alpha value is -1.00. The highest BCUT2D eigenvalue weighted by atomic mass is 79.9. The summed E-state index contributed by atoms with van der Waals surface area (Å²) in [5.41, 5.74) is 2.95. The first-order valence-corrected chi connectivity index (χ1v) is 7.80. The number of benzene rings is 2. The quantitative estimate of drug-likeness (QED) is 0.509. The minimum atomic E-state index is -1.66. The van der Waals surface area contributed by atoms with Crippen LogP contribution in [0.15, 0.2) is 54.6 Å². The molecule has 0 fully saturated rings. The third-order valence-electron chi connectivity index (χ3n) is 4.80. The zero-order valence-electron chi connectivity index (χ0n) is 12.8. The fraction of sp³-hybridized carbons (Fsp3) is 0.278. The summed E-state index contributed by atoms with van der Waals surface area (Å²) in [6, 6.07) is 17.3. The summed E-state index contributed by atoms with van der Waals surface area (Å²) in [4.78, 5) is 0. The van der Waals surface area contributed by atoms with Crippen molar-refractivity contribution in [2.75, 3.05) is 7.05 Å². The van der Waals surface area contributed by atoms with Gasteiger partial charge in [0.1, 0.15) is 12.5 Å². The molecule has 0 radical (unpaired) electrons. The molecule has 0 aromatic heterocycles. The smallest absolute Gasteiger partial charge is 0.209 e. The summed E-state index contributed by atoms with van der Waals surface area (Å²) in [6.45, 7) is 3.96. The molecule has 3 rings (SSSR count). The van der Waals surface area contributed by atoms with Gasteiger partial charge in [-0.25, -0.2) is 8.97 Å². The van der Waals surface area contributed by atoms with Crippen molar-refractivity contribution in [2.24, 2.45) is 0 Å². The third kappa shape index (κ3) is 2.19. The Labute approximate surface area is 149 Å². The van der Waals surface area contributed by atoms with E-state index in [1.807, 2.05) is 75.5 Å². The first-order chi connectivity index (χ1) is 9.90. The lowest BCUT2D eigenvalue weighted by Crippen LogP contribution is -3.00. The standard InChI is InChI=1S/C18H18BrFN.BrH/c1-13-17(2,15-11-7-8-12-16(15)21(13)3)18(19,20)14-9-5-4-6-10-14;/h4-12H,1-3H3;1H/q+1;/p-1. The van der Waals surface area contributed by atoms with Crippen LogP contribution in [-0.2, 0) is 9.99 Å². The normalized spacial score (nSPS) is 22.8. The van der Waals surface area contributed by atoms with E-state index in [1.165, 1.54) is 0 Å². The van der Waals surface area contributed by atoms with Gasteiger partial charge in [0.25, 0.3) is 0 Å². The number of nitrogens with zero attached hydrogens (tertiary/aromatic N) is 1. The second-order valence-electron chi connectivity index (χ2n) is 5.73. The van der Waals surface area contributed by atoms with Gasteiger partial charge in [-0.1, -0.05) is 48.5 Å². The maximum Gasteiger partial charge on any atom is 0.209 e. The van der Waals surface area contributed by atoms with Crippen LogP contribution in [0.2, 0.25) is 0 Å². The number of para-hydroxylation sites is 1. The van der Waals surface area contributed by atoms with E-state index < -0.39 is 9.99 Å². The summed E-state index contributed by atoms with van der Waals surface area (Å²) in [7, 11) is 1.99. The van der Waals surface area contributed by atoms with Crippen LogP contribution < -0.4 is 17.0 Å². The molecule has 0 aliphatic carbocycles. The lowest BCUT2D eigenvalue weighted by Gasteiger charge is -2.34. The summed E-state index contributed by atoms with van der Waals surface area (Å²) < 4.78 is 16.3. The van der Waals surface area contributed by atoms with Crippen LogP contribution in [0.4, 0.5) is 10.1 Å². The van der Waals surface area contributed by atoms with E-state index in [1.54, 1.807) is 0 Å². The molecule has 22 heavy (non-hydrogen) atoms. The van der Waals surface area contributed by atoms with E-state index in [4.69, 9.17) is 0 Å². The molecule has 2 aromatic rings. The number of halogens is 3. The zero-order chi connectivity index (χ0) is 15.3. The van der Waals surface area contributed by atoms with Crippen molar-refractivity contribution in [2.45, 2.75) is 23.8 Å². The number of hydrogen-bond donors (Lipinski definition) is 0. The maximum absolute atomic E-state index is 15.9. The molecule has 1 aliphatic heterocycles. The highest BCUT2D eigenvalue weighted by Crippen LogP contribution is 2.55. The largest absolute Gasteiger partial charge is 1.00 e. The van der Waals surface area contributed by atoms with Gasteiger partial charge in [0.05, 0.1) is 0 Å². The van der Waals surface area contributed by atoms with Gasteiger partial charge >= 0.3 is 0 Å². The van der Waals surface area contributed by atoms with Crippen molar-refractivity contribution in [3.05, 3.63) is 65.7 Å². The Morgan fingerprint density at radius 1 is 1.05 bits per heavy atom. The molecule has 0 bridgehead atoms. The summed E-state index contributed by atoms with van der Waals surface area (Å²) in [5.74, 6) is 0. The Balaban J connectivity index is 0.00000176. The Morgan fingerprint density at radius 2 is 1.59 bits per heavy atom. The van der Waals surface area contributed by atoms with Crippen molar-refractivity contribution in [1.82, 2.24) is 0 Å². The fourth-order valence-corrected chi connectivity index (χ4v) is 4.00. The minimum absolute atomic E-state index is 0. The molecule has 0 N–H and O–H groups in total. The molecule has 0 spiro atoms. The van der Waals surface area contributed by atoms with Gasteiger partial charge in [-0.05, 0) is 22.9 Å². The summed E-state index contributed by atoms with van der Waals surface area (Å²) in [6.07, 6.45) is 0. The molecule has 4 heteroatoms. The average Bonchev–Trinajstić information content (AvgIpc) is 2.72. The van der Waals surface area contributed by atoms with E-state index in [9.17, 15) is 0 Å².